The maximum Gasteiger partial charge on any atom is 0.310 e. The van der Waals surface area contributed by atoms with Gasteiger partial charge in [0, 0.05) is 6.54 Å². The molecule has 3 nitrogen and oxygen atoms in total. The lowest BCUT2D eigenvalue weighted by Gasteiger charge is -2.19. The summed E-state index contributed by atoms with van der Waals surface area (Å²) in [5, 5.41) is 11.9. The second-order valence-electron chi connectivity index (χ2n) is 2.87. The Morgan fingerprint density at radius 3 is 2.70 bits per heavy atom. The van der Waals surface area contributed by atoms with Crippen molar-refractivity contribution < 1.29 is 9.90 Å². The van der Waals surface area contributed by atoms with E-state index in [1.807, 2.05) is 6.92 Å². The van der Waals surface area contributed by atoms with Gasteiger partial charge in [-0.1, -0.05) is 6.92 Å². The Hall–Kier alpha value is -0.570. The van der Waals surface area contributed by atoms with Crippen LogP contribution in [0.2, 0.25) is 0 Å². The molecule has 10 heavy (non-hydrogen) atoms. The van der Waals surface area contributed by atoms with Gasteiger partial charge >= 0.3 is 5.97 Å². The fourth-order valence-electron chi connectivity index (χ4n) is 1.38. The molecule has 0 aliphatic carbocycles. The number of hydrogen-bond donors (Lipinski definition) is 2. The molecule has 1 rings (SSSR count). The first-order chi connectivity index (χ1) is 4.71. The Balaban J connectivity index is 2.67. The van der Waals surface area contributed by atoms with Crippen LogP contribution in [0.4, 0.5) is 0 Å². The second-order valence-corrected chi connectivity index (χ2v) is 2.87. The number of carboxylic acid groups (broad SMARTS) is 1. The van der Waals surface area contributed by atoms with Crippen LogP contribution in [0.1, 0.15) is 19.8 Å². The van der Waals surface area contributed by atoms with Crippen LogP contribution in [0.15, 0.2) is 0 Å². The van der Waals surface area contributed by atoms with Crippen LogP contribution in [0.5, 0.6) is 0 Å². The van der Waals surface area contributed by atoms with Crippen LogP contribution in [-0.2, 0) is 4.79 Å². The third-order valence-electron chi connectivity index (χ3n) is 2.37. The predicted molar refractivity (Wildman–Crippen MR) is 37.8 cm³/mol. The van der Waals surface area contributed by atoms with Gasteiger partial charge in [-0.2, -0.15) is 0 Å². The van der Waals surface area contributed by atoms with Crippen LogP contribution in [0.3, 0.4) is 0 Å². The van der Waals surface area contributed by atoms with Crippen molar-refractivity contribution in [2.75, 3.05) is 13.1 Å². The molecule has 3 heteroatoms. The normalized spacial score (nSPS) is 32.5. The third-order valence-corrected chi connectivity index (χ3v) is 2.37. The fourth-order valence-corrected chi connectivity index (χ4v) is 1.38. The number of rotatable bonds is 2. The molecular formula is C7H13NO2. The molecule has 2 N–H and O–H groups in total. The Bertz CT molecular complexity index is 139. The highest BCUT2D eigenvalue weighted by molar-refractivity contribution is 5.75. The van der Waals surface area contributed by atoms with Crippen LogP contribution >= 0.6 is 0 Å². The molecule has 0 bridgehead atoms. The molecule has 1 aliphatic rings. The molecule has 0 aromatic carbocycles. The van der Waals surface area contributed by atoms with Crippen LogP contribution in [0, 0.1) is 5.41 Å². The lowest BCUT2D eigenvalue weighted by atomic mass is 9.85. The predicted octanol–water partition coefficient (Wildman–Crippen LogP) is 0.461. The molecule has 0 aromatic heterocycles. The summed E-state index contributed by atoms with van der Waals surface area (Å²) >= 11 is 0. The molecule has 58 valence electrons. The van der Waals surface area contributed by atoms with E-state index < -0.39 is 11.4 Å². The van der Waals surface area contributed by atoms with E-state index in [-0.39, 0.29) is 0 Å². The molecule has 0 amide bonds. The van der Waals surface area contributed by atoms with Gasteiger partial charge in [0.15, 0.2) is 0 Å². The van der Waals surface area contributed by atoms with E-state index in [1.54, 1.807) is 0 Å². The van der Waals surface area contributed by atoms with Gasteiger partial charge < -0.3 is 10.4 Å². The van der Waals surface area contributed by atoms with Crippen LogP contribution in [0.25, 0.3) is 0 Å². The minimum atomic E-state index is -0.653. The van der Waals surface area contributed by atoms with Crippen molar-refractivity contribution in [3.63, 3.8) is 0 Å². The Morgan fingerprint density at radius 1 is 1.80 bits per heavy atom. The summed E-state index contributed by atoms with van der Waals surface area (Å²) in [5.74, 6) is -0.653. The molecule has 1 saturated heterocycles. The fraction of sp³-hybridized carbons (Fsp3) is 0.857. The Morgan fingerprint density at radius 2 is 2.50 bits per heavy atom. The first kappa shape index (κ1) is 7.54. The van der Waals surface area contributed by atoms with Crippen molar-refractivity contribution in [1.82, 2.24) is 5.32 Å². The first-order valence-corrected chi connectivity index (χ1v) is 3.65. The van der Waals surface area contributed by atoms with Crippen LogP contribution in [-0.4, -0.2) is 24.2 Å². The highest BCUT2D eigenvalue weighted by Gasteiger charge is 2.39. The Kier molecular flexibility index (Phi) is 1.94. The van der Waals surface area contributed by atoms with Crippen molar-refractivity contribution in [2.24, 2.45) is 5.41 Å². The molecule has 1 heterocycles. The first-order valence-electron chi connectivity index (χ1n) is 3.65. The number of hydrogen-bond acceptors (Lipinski definition) is 2. The van der Waals surface area contributed by atoms with E-state index in [9.17, 15) is 4.79 Å². The smallest absolute Gasteiger partial charge is 0.310 e. The lowest BCUT2D eigenvalue weighted by Crippen LogP contribution is -2.32. The summed E-state index contributed by atoms with van der Waals surface area (Å²) < 4.78 is 0. The summed E-state index contributed by atoms with van der Waals surface area (Å²) in [5.41, 5.74) is -0.458. The minimum absolute atomic E-state index is 0.458. The van der Waals surface area contributed by atoms with Crippen molar-refractivity contribution >= 4 is 5.97 Å². The topological polar surface area (TPSA) is 49.3 Å². The summed E-state index contributed by atoms with van der Waals surface area (Å²) in [6.07, 6.45) is 1.51. The molecule has 0 spiro atoms. The van der Waals surface area contributed by atoms with E-state index in [0.29, 0.717) is 6.54 Å². The monoisotopic (exact) mass is 143 g/mol. The zero-order valence-corrected chi connectivity index (χ0v) is 6.18. The average Bonchev–Trinajstić information content (AvgIpc) is 2.35. The summed E-state index contributed by atoms with van der Waals surface area (Å²) in [6.45, 7) is 3.42. The maximum absolute atomic E-state index is 10.7. The van der Waals surface area contributed by atoms with E-state index in [1.165, 1.54) is 0 Å². The molecule has 0 saturated carbocycles. The zero-order valence-electron chi connectivity index (χ0n) is 6.18. The van der Waals surface area contributed by atoms with E-state index in [4.69, 9.17) is 5.11 Å². The SMILES string of the molecule is CCC1(C(=O)O)CCNC1. The number of aliphatic carboxylic acids is 1. The van der Waals surface area contributed by atoms with Crippen LogP contribution < -0.4 is 5.32 Å². The third kappa shape index (κ3) is 1.01. The summed E-state index contributed by atoms with van der Waals surface area (Å²) in [4.78, 5) is 10.7. The standard InChI is InChI=1S/C7H13NO2/c1-2-7(6(9)10)3-4-8-5-7/h8H,2-5H2,1H3,(H,9,10). The molecule has 1 fully saturated rings. The molecule has 0 aromatic rings. The van der Waals surface area contributed by atoms with E-state index >= 15 is 0 Å². The van der Waals surface area contributed by atoms with Gasteiger partial charge in [0.2, 0.25) is 0 Å². The average molecular weight is 143 g/mol. The van der Waals surface area contributed by atoms with Gasteiger partial charge in [-0.3, -0.25) is 4.79 Å². The molecular weight excluding hydrogens is 130 g/mol. The molecule has 1 unspecified atom stereocenters. The quantitative estimate of drug-likeness (QED) is 0.590. The van der Waals surface area contributed by atoms with Crippen molar-refractivity contribution in [3.05, 3.63) is 0 Å². The van der Waals surface area contributed by atoms with Gasteiger partial charge in [-0.05, 0) is 19.4 Å². The van der Waals surface area contributed by atoms with Gasteiger partial charge in [0.05, 0.1) is 5.41 Å². The zero-order chi connectivity index (χ0) is 7.61. The molecule has 1 aliphatic heterocycles. The van der Waals surface area contributed by atoms with Crippen molar-refractivity contribution in [1.29, 1.82) is 0 Å². The van der Waals surface area contributed by atoms with Crippen molar-refractivity contribution in [3.8, 4) is 0 Å². The van der Waals surface area contributed by atoms with Gasteiger partial charge in [-0.15, -0.1) is 0 Å². The van der Waals surface area contributed by atoms with Gasteiger partial charge in [0.25, 0.3) is 0 Å². The summed E-state index contributed by atoms with van der Waals surface area (Å²) in [7, 11) is 0. The van der Waals surface area contributed by atoms with Gasteiger partial charge in [-0.25, -0.2) is 0 Å². The van der Waals surface area contributed by atoms with E-state index in [2.05, 4.69) is 5.32 Å². The summed E-state index contributed by atoms with van der Waals surface area (Å²) in [6, 6.07) is 0. The van der Waals surface area contributed by atoms with E-state index in [0.717, 1.165) is 19.4 Å². The lowest BCUT2D eigenvalue weighted by molar-refractivity contribution is -0.147. The highest BCUT2D eigenvalue weighted by atomic mass is 16.4. The number of carboxylic acids is 1. The molecule has 0 radical (unpaired) electrons. The maximum atomic E-state index is 10.7. The van der Waals surface area contributed by atoms with Crippen molar-refractivity contribution in [2.45, 2.75) is 19.8 Å². The van der Waals surface area contributed by atoms with Gasteiger partial charge in [0.1, 0.15) is 0 Å². The molecule has 1 atom stereocenters. The Labute approximate surface area is 60.4 Å². The highest BCUT2D eigenvalue weighted by Crippen LogP contribution is 2.29. The number of carbonyl (C=O) groups is 1. The minimum Gasteiger partial charge on any atom is -0.481 e. The largest absolute Gasteiger partial charge is 0.481 e. The number of nitrogens with one attached hydrogen (secondary N) is 1. The second kappa shape index (κ2) is 2.58.